The van der Waals surface area contributed by atoms with E-state index in [-0.39, 0.29) is 5.41 Å². The third kappa shape index (κ3) is 6.29. The van der Waals surface area contributed by atoms with Gasteiger partial charge in [0, 0.05) is 16.5 Å². The first-order chi connectivity index (χ1) is 22.4. The van der Waals surface area contributed by atoms with Crippen molar-refractivity contribution in [1.29, 1.82) is 0 Å². The molecular weight excluding hydrogens is 556 g/mol. The van der Waals surface area contributed by atoms with E-state index in [4.69, 9.17) is 9.97 Å². The van der Waals surface area contributed by atoms with Gasteiger partial charge in [-0.25, -0.2) is 9.97 Å². The lowest BCUT2D eigenvalue weighted by molar-refractivity contribution is 0.568. The lowest BCUT2D eigenvalue weighted by Crippen LogP contribution is -2.15. The predicted molar refractivity (Wildman–Crippen MR) is 193 cm³/mol. The Morgan fingerprint density at radius 1 is 0.326 bits per heavy atom. The lowest BCUT2D eigenvalue weighted by atomic mass is 9.89. The van der Waals surface area contributed by atoms with Gasteiger partial charge in [-0.2, -0.15) is 0 Å². The zero-order chi connectivity index (χ0) is 31.5. The van der Waals surface area contributed by atoms with Gasteiger partial charge in [-0.3, -0.25) is 0 Å². The van der Waals surface area contributed by atoms with E-state index in [2.05, 4.69) is 185 Å². The second-order valence-corrected chi connectivity index (χ2v) is 12.8. The second kappa shape index (κ2) is 12.4. The SMILES string of the molecule is CC(C)(C)c1cc(-c2cc(-c3ccccc3)cc(-c3ccccc3)c2)nc(-c2cc(-c3ccccc3)cc(-c3ccccc3)c2)n1. The van der Waals surface area contributed by atoms with Gasteiger partial charge in [-0.05, 0) is 87.0 Å². The van der Waals surface area contributed by atoms with Gasteiger partial charge >= 0.3 is 0 Å². The molecule has 2 heteroatoms. The van der Waals surface area contributed by atoms with Gasteiger partial charge < -0.3 is 0 Å². The fourth-order valence-corrected chi connectivity index (χ4v) is 5.83. The minimum atomic E-state index is -0.176. The van der Waals surface area contributed by atoms with Crippen LogP contribution in [0, 0.1) is 0 Å². The summed E-state index contributed by atoms with van der Waals surface area (Å²) in [6.45, 7) is 6.65. The van der Waals surface area contributed by atoms with Crippen LogP contribution in [0.3, 0.4) is 0 Å². The number of benzene rings is 6. The van der Waals surface area contributed by atoms with Crippen LogP contribution >= 0.6 is 0 Å². The van der Waals surface area contributed by atoms with Crippen LogP contribution in [0.5, 0.6) is 0 Å². The Kier molecular flexibility index (Phi) is 7.86. The zero-order valence-electron chi connectivity index (χ0n) is 26.5. The van der Waals surface area contributed by atoms with Crippen LogP contribution in [0.4, 0.5) is 0 Å². The molecule has 46 heavy (non-hydrogen) atoms. The molecule has 0 radical (unpaired) electrons. The summed E-state index contributed by atoms with van der Waals surface area (Å²) in [6.07, 6.45) is 0. The molecule has 7 rings (SSSR count). The number of rotatable bonds is 6. The molecule has 2 nitrogen and oxygen atoms in total. The molecule has 0 aliphatic rings. The van der Waals surface area contributed by atoms with Gasteiger partial charge in [0.15, 0.2) is 5.82 Å². The number of aromatic nitrogens is 2. The standard InChI is InChI=1S/C44H36N2/c1-44(2,3)42-30-41(39-26-35(31-16-8-4-9-17-31)24-36(27-39)32-18-10-5-11-19-32)45-43(46-42)40-28-37(33-20-12-6-13-21-33)25-38(29-40)34-22-14-7-15-23-34/h4-30H,1-3H3. The van der Waals surface area contributed by atoms with Crippen LogP contribution in [0.1, 0.15) is 26.5 Å². The maximum Gasteiger partial charge on any atom is 0.160 e. The molecule has 7 aromatic rings. The quantitative estimate of drug-likeness (QED) is 0.192. The first kappa shape index (κ1) is 29.1. The number of hydrogen-bond acceptors (Lipinski definition) is 2. The fourth-order valence-electron chi connectivity index (χ4n) is 5.83. The maximum atomic E-state index is 5.32. The summed E-state index contributed by atoms with van der Waals surface area (Å²) < 4.78 is 0. The van der Waals surface area contributed by atoms with Crippen LogP contribution in [-0.4, -0.2) is 9.97 Å². The molecule has 0 aliphatic heterocycles. The monoisotopic (exact) mass is 592 g/mol. The summed E-state index contributed by atoms with van der Waals surface area (Å²) >= 11 is 0. The summed E-state index contributed by atoms with van der Waals surface area (Å²) in [5.74, 6) is 0.726. The van der Waals surface area contributed by atoms with Crippen molar-refractivity contribution in [3.05, 3.63) is 169 Å². The summed E-state index contributed by atoms with van der Waals surface area (Å²) in [5, 5.41) is 0. The van der Waals surface area contributed by atoms with E-state index >= 15 is 0 Å². The molecule has 0 fully saturated rings. The first-order valence-electron chi connectivity index (χ1n) is 15.8. The molecule has 0 unspecified atom stereocenters. The summed E-state index contributed by atoms with van der Waals surface area (Å²) in [5.41, 5.74) is 13.1. The molecule has 0 saturated heterocycles. The van der Waals surface area contributed by atoms with Crippen molar-refractivity contribution in [2.45, 2.75) is 26.2 Å². The Hall–Kier alpha value is -5.60. The minimum Gasteiger partial charge on any atom is -0.232 e. The Bertz CT molecular complexity index is 1830. The van der Waals surface area contributed by atoms with Gasteiger partial charge in [-0.1, -0.05) is 142 Å². The Labute approximate surface area is 272 Å². The lowest BCUT2D eigenvalue weighted by Gasteiger charge is -2.20. The van der Waals surface area contributed by atoms with Gasteiger partial charge in [0.05, 0.1) is 11.4 Å². The van der Waals surface area contributed by atoms with Crippen molar-refractivity contribution in [2.24, 2.45) is 0 Å². The molecule has 0 atom stereocenters. The Balaban J connectivity index is 1.45. The third-order valence-corrected chi connectivity index (χ3v) is 8.34. The number of nitrogens with zero attached hydrogens (tertiary/aromatic N) is 2. The predicted octanol–water partition coefficient (Wildman–Crippen LogP) is 11.8. The van der Waals surface area contributed by atoms with Crippen LogP contribution < -0.4 is 0 Å². The molecule has 0 saturated carbocycles. The second-order valence-electron chi connectivity index (χ2n) is 12.8. The topological polar surface area (TPSA) is 25.8 Å². The van der Waals surface area contributed by atoms with Gasteiger partial charge in [0.2, 0.25) is 0 Å². The van der Waals surface area contributed by atoms with Crippen molar-refractivity contribution in [3.63, 3.8) is 0 Å². The van der Waals surface area contributed by atoms with Crippen LogP contribution in [0.2, 0.25) is 0 Å². The Morgan fingerprint density at radius 2 is 0.652 bits per heavy atom. The van der Waals surface area contributed by atoms with E-state index in [1.807, 2.05) is 0 Å². The molecule has 0 spiro atoms. The normalized spacial score (nSPS) is 11.4. The van der Waals surface area contributed by atoms with Crippen molar-refractivity contribution in [2.75, 3.05) is 0 Å². The highest BCUT2D eigenvalue weighted by Crippen LogP contribution is 2.36. The summed E-state index contributed by atoms with van der Waals surface area (Å²) in [6, 6.07) is 57.9. The fraction of sp³-hybridized carbons (Fsp3) is 0.0909. The van der Waals surface area contributed by atoms with Crippen molar-refractivity contribution in [1.82, 2.24) is 9.97 Å². The molecule has 222 valence electrons. The van der Waals surface area contributed by atoms with E-state index in [9.17, 15) is 0 Å². The highest BCUT2D eigenvalue weighted by Gasteiger charge is 2.21. The van der Waals surface area contributed by atoms with E-state index in [1.165, 1.54) is 11.1 Å². The summed E-state index contributed by atoms with van der Waals surface area (Å²) in [4.78, 5) is 10.5. The van der Waals surface area contributed by atoms with E-state index in [0.29, 0.717) is 0 Å². The molecular formula is C44H36N2. The van der Waals surface area contributed by atoms with E-state index < -0.39 is 0 Å². The van der Waals surface area contributed by atoms with Crippen molar-refractivity contribution >= 4 is 0 Å². The molecule has 1 heterocycles. The molecule has 0 amide bonds. The van der Waals surface area contributed by atoms with Crippen LogP contribution in [0.15, 0.2) is 164 Å². The average molecular weight is 593 g/mol. The number of hydrogen-bond donors (Lipinski definition) is 0. The smallest absolute Gasteiger partial charge is 0.160 e. The van der Waals surface area contributed by atoms with Crippen molar-refractivity contribution in [3.8, 4) is 67.2 Å². The van der Waals surface area contributed by atoms with E-state index in [0.717, 1.165) is 61.7 Å². The van der Waals surface area contributed by atoms with E-state index in [1.54, 1.807) is 0 Å². The molecule has 0 N–H and O–H groups in total. The average Bonchev–Trinajstić information content (AvgIpc) is 3.12. The molecule has 0 aliphatic carbocycles. The minimum absolute atomic E-state index is 0.176. The third-order valence-electron chi connectivity index (χ3n) is 8.34. The van der Waals surface area contributed by atoms with Crippen LogP contribution in [0.25, 0.3) is 67.2 Å². The maximum absolute atomic E-state index is 5.32. The molecule has 1 aromatic heterocycles. The largest absolute Gasteiger partial charge is 0.232 e. The highest BCUT2D eigenvalue weighted by molar-refractivity contribution is 5.82. The first-order valence-corrected chi connectivity index (χ1v) is 15.8. The van der Waals surface area contributed by atoms with Gasteiger partial charge in [0.1, 0.15) is 0 Å². The Morgan fingerprint density at radius 3 is 1.00 bits per heavy atom. The molecule has 6 aromatic carbocycles. The summed E-state index contributed by atoms with van der Waals surface area (Å²) in [7, 11) is 0. The zero-order valence-corrected chi connectivity index (χ0v) is 26.5. The van der Waals surface area contributed by atoms with Crippen LogP contribution in [-0.2, 0) is 5.41 Å². The van der Waals surface area contributed by atoms with Crippen molar-refractivity contribution < 1.29 is 0 Å². The highest BCUT2D eigenvalue weighted by atomic mass is 14.9. The van der Waals surface area contributed by atoms with Gasteiger partial charge in [-0.15, -0.1) is 0 Å². The molecule has 0 bridgehead atoms. The van der Waals surface area contributed by atoms with Gasteiger partial charge in [0.25, 0.3) is 0 Å².